The highest BCUT2D eigenvalue weighted by Crippen LogP contribution is 1.96. The number of ether oxygens (including phenoxy) is 1. The summed E-state index contributed by atoms with van der Waals surface area (Å²) in [6.45, 7) is 0. The fourth-order valence-electron chi connectivity index (χ4n) is 1.02. The number of rotatable bonds is 2. The molecule has 0 aliphatic carbocycles. The minimum Gasteiger partial charge on any atom is -0.468 e. The third kappa shape index (κ3) is 3.84. The smallest absolute Gasteiger partial charge is 0.323 e. The molecule has 0 amide bonds. The maximum atomic E-state index is 10.9. The van der Waals surface area contributed by atoms with E-state index >= 15 is 0 Å². The van der Waals surface area contributed by atoms with Crippen molar-refractivity contribution >= 4 is 5.97 Å². The summed E-state index contributed by atoms with van der Waals surface area (Å²) >= 11 is 0. The van der Waals surface area contributed by atoms with Gasteiger partial charge in [0.15, 0.2) is 0 Å². The van der Waals surface area contributed by atoms with Gasteiger partial charge in [-0.2, -0.15) is 0 Å². The standard InChI is InChI=1S/C12H13NO2/c1-15-12(14)11(13)9-5-8-10-6-3-2-4-7-10/h2-4,6-7,11H,9,13H2,1H3/t11-/m0/s1. The molecule has 0 fully saturated rings. The van der Waals surface area contributed by atoms with E-state index in [1.165, 1.54) is 7.11 Å². The summed E-state index contributed by atoms with van der Waals surface area (Å²) in [5.41, 5.74) is 6.43. The Morgan fingerprint density at radius 2 is 2.13 bits per heavy atom. The number of methoxy groups -OCH3 is 1. The van der Waals surface area contributed by atoms with Crippen LogP contribution in [0.15, 0.2) is 30.3 Å². The SMILES string of the molecule is COC(=O)[C@@H](N)CC#Cc1ccccc1. The van der Waals surface area contributed by atoms with Crippen LogP contribution in [0.25, 0.3) is 0 Å². The molecule has 1 rings (SSSR count). The van der Waals surface area contributed by atoms with Crippen molar-refractivity contribution < 1.29 is 9.53 Å². The van der Waals surface area contributed by atoms with E-state index < -0.39 is 12.0 Å². The predicted octanol–water partition coefficient (Wildman–Crippen LogP) is 0.928. The molecule has 0 saturated heterocycles. The predicted molar refractivity (Wildman–Crippen MR) is 57.9 cm³/mol. The molecule has 0 unspecified atom stereocenters. The fraction of sp³-hybridized carbons (Fsp3) is 0.250. The monoisotopic (exact) mass is 203 g/mol. The molecule has 0 bridgehead atoms. The van der Waals surface area contributed by atoms with Crippen LogP contribution in [0.3, 0.4) is 0 Å². The van der Waals surface area contributed by atoms with Gasteiger partial charge in [0.2, 0.25) is 0 Å². The second-order valence-electron chi connectivity index (χ2n) is 3.00. The summed E-state index contributed by atoms with van der Waals surface area (Å²) in [5, 5.41) is 0. The lowest BCUT2D eigenvalue weighted by molar-refractivity contribution is -0.142. The molecule has 0 heterocycles. The van der Waals surface area contributed by atoms with Crippen LogP contribution >= 0.6 is 0 Å². The maximum absolute atomic E-state index is 10.9. The topological polar surface area (TPSA) is 52.3 Å². The first kappa shape index (κ1) is 11.3. The highest BCUT2D eigenvalue weighted by atomic mass is 16.5. The average Bonchev–Trinajstić information content (AvgIpc) is 2.29. The van der Waals surface area contributed by atoms with E-state index in [2.05, 4.69) is 16.6 Å². The van der Waals surface area contributed by atoms with Crippen LogP contribution in [0.4, 0.5) is 0 Å². The highest BCUT2D eigenvalue weighted by molar-refractivity contribution is 5.75. The minimum absolute atomic E-state index is 0.307. The first-order valence-corrected chi connectivity index (χ1v) is 4.61. The molecule has 1 atom stereocenters. The van der Waals surface area contributed by atoms with Crippen molar-refractivity contribution in [2.24, 2.45) is 5.73 Å². The molecule has 1 aromatic rings. The van der Waals surface area contributed by atoms with Gasteiger partial charge in [-0.25, -0.2) is 0 Å². The van der Waals surface area contributed by atoms with E-state index in [0.29, 0.717) is 6.42 Å². The van der Waals surface area contributed by atoms with Gasteiger partial charge in [-0.1, -0.05) is 30.0 Å². The number of hydrogen-bond acceptors (Lipinski definition) is 3. The highest BCUT2D eigenvalue weighted by Gasteiger charge is 2.10. The van der Waals surface area contributed by atoms with Gasteiger partial charge >= 0.3 is 5.97 Å². The molecular formula is C12H13NO2. The van der Waals surface area contributed by atoms with Crippen LogP contribution in [0.1, 0.15) is 12.0 Å². The third-order valence-electron chi connectivity index (χ3n) is 1.83. The van der Waals surface area contributed by atoms with Crippen LogP contribution < -0.4 is 5.73 Å². The molecule has 3 heteroatoms. The lowest BCUT2D eigenvalue weighted by Gasteiger charge is -2.03. The fourth-order valence-corrected chi connectivity index (χ4v) is 1.02. The summed E-state index contributed by atoms with van der Waals surface area (Å²) in [4.78, 5) is 10.9. The Hall–Kier alpha value is -1.79. The molecule has 78 valence electrons. The van der Waals surface area contributed by atoms with Crippen LogP contribution in [0.5, 0.6) is 0 Å². The molecule has 0 saturated carbocycles. The van der Waals surface area contributed by atoms with E-state index in [0.717, 1.165) is 5.56 Å². The van der Waals surface area contributed by atoms with Crippen molar-refractivity contribution in [3.05, 3.63) is 35.9 Å². The van der Waals surface area contributed by atoms with Crippen molar-refractivity contribution in [1.82, 2.24) is 0 Å². The minimum atomic E-state index is -0.661. The maximum Gasteiger partial charge on any atom is 0.323 e. The number of esters is 1. The van der Waals surface area contributed by atoms with Gasteiger partial charge in [0, 0.05) is 12.0 Å². The van der Waals surface area contributed by atoms with Gasteiger partial charge in [-0.3, -0.25) is 4.79 Å². The number of carbonyl (C=O) groups excluding carboxylic acids is 1. The van der Waals surface area contributed by atoms with Crippen molar-refractivity contribution in [2.75, 3.05) is 7.11 Å². The largest absolute Gasteiger partial charge is 0.468 e. The summed E-state index contributed by atoms with van der Waals surface area (Å²) in [6.07, 6.45) is 0.307. The number of hydrogen-bond donors (Lipinski definition) is 1. The second kappa shape index (κ2) is 5.84. The Morgan fingerprint density at radius 3 is 2.73 bits per heavy atom. The summed E-state index contributed by atoms with van der Waals surface area (Å²) in [6, 6.07) is 8.87. The molecule has 0 radical (unpaired) electrons. The first-order chi connectivity index (χ1) is 7.24. The second-order valence-corrected chi connectivity index (χ2v) is 3.00. The van der Waals surface area contributed by atoms with Gasteiger partial charge < -0.3 is 10.5 Å². The Bertz CT molecular complexity index is 376. The van der Waals surface area contributed by atoms with Crippen molar-refractivity contribution in [3.8, 4) is 11.8 Å². The van der Waals surface area contributed by atoms with Gasteiger partial charge in [0.25, 0.3) is 0 Å². The van der Waals surface area contributed by atoms with Crippen LogP contribution in [-0.2, 0) is 9.53 Å². The summed E-state index contributed by atoms with van der Waals surface area (Å²) < 4.78 is 4.48. The number of nitrogens with two attached hydrogens (primary N) is 1. The molecule has 0 spiro atoms. The van der Waals surface area contributed by atoms with E-state index in [-0.39, 0.29) is 0 Å². The van der Waals surface area contributed by atoms with Crippen LogP contribution in [0.2, 0.25) is 0 Å². The molecule has 3 nitrogen and oxygen atoms in total. The van der Waals surface area contributed by atoms with Crippen LogP contribution in [0, 0.1) is 11.8 Å². The Balaban J connectivity index is 2.50. The summed E-state index contributed by atoms with van der Waals surface area (Å²) in [5.74, 6) is 5.32. The zero-order valence-corrected chi connectivity index (χ0v) is 8.57. The summed E-state index contributed by atoms with van der Waals surface area (Å²) in [7, 11) is 1.31. The molecule has 0 aliphatic heterocycles. The zero-order chi connectivity index (χ0) is 11.1. The average molecular weight is 203 g/mol. The normalized spacial score (nSPS) is 11.1. The Kier molecular flexibility index (Phi) is 4.39. The van der Waals surface area contributed by atoms with Gasteiger partial charge in [0.05, 0.1) is 7.11 Å². The van der Waals surface area contributed by atoms with E-state index in [1.807, 2.05) is 30.3 Å². The Morgan fingerprint density at radius 1 is 1.47 bits per heavy atom. The quantitative estimate of drug-likeness (QED) is 0.574. The number of benzene rings is 1. The molecule has 1 aromatic carbocycles. The Labute approximate surface area is 89.2 Å². The first-order valence-electron chi connectivity index (χ1n) is 4.61. The molecule has 0 aromatic heterocycles. The van der Waals surface area contributed by atoms with Gasteiger partial charge in [-0.15, -0.1) is 0 Å². The molecular weight excluding hydrogens is 190 g/mol. The van der Waals surface area contributed by atoms with Crippen molar-refractivity contribution in [2.45, 2.75) is 12.5 Å². The lowest BCUT2D eigenvalue weighted by atomic mass is 10.2. The molecule has 2 N–H and O–H groups in total. The lowest BCUT2D eigenvalue weighted by Crippen LogP contribution is -2.30. The van der Waals surface area contributed by atoms with E-state index in [4.69, 9.17) is 5.73 Å². The van der Waals surface area contributed by atoms with Gasteiger partial charge in [0.1, 0.15) is 6.04 Å². The van der Waals surface area contributed by atoms with Crippen molar-refractivity contribution in [1.29, 1.82) is 0 Å². The zero-order valence-electron chi connectivity index (χ0n) is 8.57. The van der Waals surface area contributed by atoms with Crippen LogP contribution in [-0.4, -0.2) is 19.1 Å². The van der Waals surface area contributed by atoms with Crippen molar-refractivity contribution in [3.63, 3.8) is 0 Å². The van der Waals surface area contributed by atoms with E-state index in [9.17, 15) is 4.79 Å². The van der Waals surface area contributed by atoms with Gasteiger partial charge in [-0.05, 0) is 12.1 Å². The molecule has 15 heavy (non-hydrogen) atoms. The molecule has 0 aliphatic rings. The third-order valence-corrected chi connectivity index (χ3v) is 1.83. The number of carbonyl (C=O) groups is 1. The van der Waals surface area contributed by atoms with E-state index in [1.54, 1.807) is 0 Å².